The molecule has 4 heteroatoms. The molecule has 3 nitrogen and oxygen atoms in total. The fourth-order valence-electron chi connectivity index (χ4n) is 1.53. The van der Waals surface area contributed by atoms with Crippen LogP contribution in [-0.4, -0.2) is 10.3 Å². The highest BCUT2D eigenvalue weighted by molar-refractivity contribution is 7.08. The lowest BCUT2D eigenvalue weighted by Crippen LogP contribution is -1.86. The van der Waals surface area contributed by atoms with Gasteiger partial charge in [-0.2, -0.15) is 11.3 Å². The molecule has 0 amide bonds. The number of aliphatic hydroxyl groups excluding tert-OH is 1. The fourth-order valence-corrected chi connectivity index (χ4v) is 2.37. The molecule has 0 bridgehead atoms. The van der Waals surface area contributed by atoms with Gasteiger partial charge >= 0.3 is 0 Å². The fraction of sp³-hybridized carbons (Fsp3) is 0.300. The normalized spacial score (nSPS) is 10.8. The van der Waals surface area contributed by atoms with E-state index in [1.54, 1.807) is 11.3 Å². The van der Waals surface area contributed by atoms with E-state index in [-0.39, 0.29) is 6.61 Å². The largest absolute Gasteiger partial charge is 0.392 e. The van der Waals surface area contributed by atoms with Crippen LogP contribution in [0, 0.1) is 13.8 Å². The van der Waals surface area contributed by atoms with Crippen molar-refractivity contribution in [1.82, 2.24) is 5.16 Å². The van der Waals surface area contributed by atoms with E-state index in [0.717, 1.165) is 28.1 Å². The molecular weight excluding hydrogens is 198 g/mol. The maximum atomic E-state index is 9.14. The van der Waals surface area contributed by atoms with E-state index in [0.29, 0.717) is 0 Å². The predicted molar refractivity (Wildman–Crippen MR) is 55.2 cm³/mol. The summed E-state index contributed by atoms with van der Waals surface area (Å²) in [5.41, 5.74) is 3.85. The van der Waals surface area contributed by atoms with E-state index in [4.69, 9.17) is 9.63 Å². The number of aromatic nitrogens is 1. The van der Waals surface area contributed by atoms with Crippen molar-refractivity contribution in [3.8, 4) is 11.1 Å². The Kier molecular flexibility index (Phi) is 2.39. The van der Waals surface area contributed by atoms with Crippen LogP contribution in [0.15, 0.2) is 15.3 Å². The molecule has 2 aromatic heterocycles. The van der Waals surface area contributed by atoms with Crippen molar-refractivity contribution in [3.63, 3.8) is 0 Å². The van der Waals surface area contributed by atoms with Crippen LogP contribution in [0.3, 0.4) is 0 Å². The van der Waals surface area contributed by atoms with Crippen molar-refractivity contribution in [1.29, 1.82) is 0 Å². The SMILES string of the molecule is Cc1noc(C)c1-c1cscc1CO. The summed E-state index contributed by atoms with van der Waals surface area (Å²) in [7, 11) is 0. The number of nitrogens with zero attached hydrogens (tertiary/aromatic N) is 1. The first-order chi connectivity index (χ1) is 6.74. The Hall–Kier alpha value is -1.13. The third kappa shape index (κ3) is 1.36. The zero-order valence-corrected chi connectivity index (χ0v) is 8.89. The second kappa shape index (κ2) is 3.55. The van der Waals surface area contributed by atoms with Gasteiger partial charge in [0.15, 0.2) is 0 Å². The molecule has 0 atom stereocenters. The third-order valence-corrected chi connectivity index (χ3v) is 3.01. The van der Waals surface area contributed by atoms with Crippen molar-refractivity contribution in [3.05, 3.63) is 27.8 Å². The van der Waals surface area contributed by atoms with Crippen LogP contribution in [-0.2, 0) is 6.61 Å². The second-order valence-electron chi connectivity index (χ2n) is 3.17. The summed E-state index contributed by atoms with van der Waals surface area (Å²) >= 11 is 1.58. The second-order valence-corrected chi connectivity index (χ2v) is 3.91. The van der Waals surface area contributed by atoms with E-state index in [1.807, 2.05) is 24.6 Å². The van der Waals surface area contributed by atoms with Gasteiger partial charge in [0.2, 0.25) is 0 Å². The van der Waals surface area contributed by atoms with Crippen molar-refractivity contribution in [2.24, 2.45) is 0 Å². The molecule has 0 aliphatic rings. The summed E-state index contributed by atoms with van der Waals surface area (Å²) < 4.78 is 5.09. The Morgan fingerprint density at radius 3 is 2.79 bits per heavy atom. The first-order valence-corrected chi connectivity index (χ1v) is 5.27. The van der Waals surface area contributed by atoms with Gasteiger partial charge < -0.3 is 9.63 Å². The molecule has 0 fully saturated rings. The van der Waals surface area contributed by atoms with E-state index in [9.17, 15) is 0 Å². The van der Waals surface area contributed by atoms with Gasteiger partial charge in [-0.15, -0.1) is 0 Å². The van der Waals surface area contributed by atoms with Crippen LogP contribution in [0.4, 0.5) is 0 Å². The van der Waals surface area contributed by atoms with E-state index in [1.165, 1.54) is 0 Å². The van der Waals surface area contributed by atoms with Crippen LogP contribution >= 0.6 is 11.3 Å². The number of aliphatic hydroxyl groups is 1. The molecule has 2 aromatic rings. The summed E-state index contributed by atoms with van der Waals surface area (Å²) in [6, 6.07) is 0. The summed E-state index contributed by atoms with van der Waals surface area (Å²) in [5.74, 6) is 0.801. The lowest BCUT2D eigenvalue weighted by molar-refractivity contribution is 0.283. The van der Waals surface area contributed by atoms with Crippen molar-refractivity contribution in [2.45, 2.75) is 20.5 Å². The molecule has 0 aromatic carbocycles. The van der Waals surface area contributed by atoms with Crippen LogP contribution in [0.2, 0.25) is 0 Å². The minimum absolute atomic E-state index is 0.0584. The topological polar surface area (TPSA) is 46.3 Å². The summed E-state index contributed by atoms with van der Waals surface area (Å²) in [4.78, 5) is 0. The highest BCUT2D eigenvalue weighted by atomic mass is 32.1. The maximum Gasteiger partial charge on any atom is 0.141 e. The standard InChI is InChI=1S/C10H11NO2S/c1-6-10(7(2)13-11-6)9-5-14-4-8(9)3-12/h4-5,12H,3H2,1-2H3. The average Bonchev–Trinajstić information content (AvgIpc) is 2.73. The van der Waals surface area contributed by atoms with Crippen molar-refractivity contribution in [2.75, 3.05) is 0 Å². The summed E-state index contributed by atoms with van der Waals surface area (Å²) in [6.45, 7) is 3.85. The van der Waals surface area contributed by atoms with Gasteiger partial charge in [-0.25, -0.2) is 0 Å². The molecular formula is C10H11NO2S. The zero-order chi connectivity index (χ0) is 10.1. The Balaban J connectivity index is 2.59. The van der Waals surface area contributed by atoms with Gasteiger partial charge in [0.1, 0.15) is 5.76 Å². The van der Waals surface area contributed by atoms with Gasteiger partial charge in [-0.1, -0.05) is 5.16 Å². The molecule has 0 radical (unpaired) electrons. The van der Waals surface area contributed by atoms with Crippen LogP contribution in [0.1, 0.15) is 17.0 Å². The van der Waals surface area contributed by atoms with E-state index in [2.05, 4.69) is 5.16 Å². The first-order valence-electron chi connectivity index (χ1n) is 4.33. The first kappa shape index (κ1) is 9.43. The molecule has 14 heavy (non-hydrogen) atoms. The lowest BCUT2D eigenvalue weighted by atomic mass is 10.0. The molecule has 74 valence electrons. The lowest BCUT2D eigenvalue weighted by Gasteiger charge is -1.99. The smallest absolute Gasteiger partial charge is 0.141 e. The quantitative estimate of drug-likeness (QED) is 0.826. The maximum absolute atomic E-state index is 9.14. The number of rotatable bonds is 2. The Bertz CT molecular complexity index is 425. The van der Waals surface area contributed by atoms with Gasteiger partial charge in [0.25, 0.3) is 0 Å². The molecule has 0 spiro atoms. The van der Waals surface area contributed by atoms with Crippen LogP contribution in [0.5, 0.6) is 0 Å². The molecule has 0 aliphatic carbocycles. The van der Waals surface area contributed by atoms with Gasteiger partial charge in [0, 0.05) is 11.1 Å². The highest BCUT2D eigenvalue weighted by Gasteiger charge is 2.14. The monoisotopic (exact) mass is 209 g/mol. The highest BCUT2D eigenvalue weighted by Crippen LogP contribution is 2.32. The molecule has 2 rings (SSSR count). The van der Waals surface area contributed by atoms with Crippen molar-refractivity contribution < 1.29 is 9.63 Å². The Morgan fingerprint density at radius 2 is 2.21 bits per heavy atom. The predicted octanol–water partition coefficient (Wildman–Crippen LogP) is 2.51. The summed E-state index contributed by atoms with van der Waals surface area (Å²) in [5, 5.41) is 17.0. The molecule has 0 aliphatic heterocycles. The number of hydrogen-bond donors (Lipinski definition) is 1. The van der Waals surface area contributed by atoms with E-state index >= 15 is 0 Å². The molecule has 0 unspecified atom stereocenters. The third-order valence-electron chi connectivity index (χ3n) is 2.22. The van der Waals surface area contributed by atoms with Crippen molar-refractivity contribution >= 4 is 11.3 Å². The minimum Gasteiger partial charge on any atom is -0.392 e. The van der Waals surface area contributed by atoms with Crippen LogP contribution < -0.4 is 0 Å². The Morgan fingerprint density at radius 1 is 1.43 bits per heavy atom. The minimum atomic E-state index is 0.0584. The molecule has 0 saturated carbocycles. The molecule has 0 saturated heterocycles. The van der Waals surface area contributed by atoms with E-state index < -0.39 is 0 Å². The van der Waals surface area contributed by atoms with Gasteiger partial charge in [-0.3, -0.25) is 0 Å². The number of hydrogen-bond acceptors (Lipinski definition) is 4. The van der Waals surface area contributed by atoms with Crippen LogP contribution in [0.25, 0.3) is 11.1 Å². The number of thiophene rings is 1. The Labute approximate surface area is 86.0 Å². The zero-order valence-electron chi connectivity index (χ0n) is 8.07. The van der Waals surface area contributed by atoms with Gasteiger partial charge in [0.05, 0.1) is 12.3 Å². The molecule has 1 N–H and O–H groups in total. The average molecular weight is 209 g/mol. The molecule has 2 heterocycles. The number of aryl methyl sites for hydroxylation is 2. The van der Waals surface area contributed by atoms with Gasteiger partial charge in [-0.05, 0) is 30.2 Å². The summed E-state index contributed by atoms with van der Waals surface area (Å²) in [6.07, 6.45) is 0.